The van der Waals surface area contributed by atoms with E-state index in [0.29, 0.717) is 12.0 Å². The van der Waals surface area contributed by atoms with E-state index in [0.717, 1.165) is 15.4 Å². The topological polar surface area (TPSA) is 46.2 Å². The van der Waals surface area contributed by atoms with Crippen LogP contribution in [0.1, 0.15) is 10.4 Å². The minimum absolute atomic E-state index is 0.0991. The van der Waals surface area contributed by atoms with E-state index in [1.165, 1.54) is 23.5 Å². The third-order valence-corrected chi connectivity index (χ3v) is 5.00. The van der Waals surface area contributed by atoms with Crippen molar-refractivity contribution in [3.8, 4) is 0 Å². The molecule has 1 aromatic carbocycles. The summed E-state index contributed by atoms with van der Waals surface area (Å²) in [6.45, 7) is -0.177. The first-order valence-electron chi connectivity index (χ1n) is 5.99. The van der Waals surface area contributed by atoms with Gasteiger partial charge in [-0.3, -0.25) is 0 Å². The zero-order valence-electron chi connectivity index (χ0n) is 10.6. The molecular weight excluding hydrogens is 348 g/mol. The Bertz CT molecular complexity index is 578. The second-order valence-corrected chi connectivity index (χ2v) is 6.62. The predicted molar refractivity (Wildman–Crippen MR) is 79.9 cm³/mol. The Morgan fingerprint density at radius 2 is 1.85 bits per heavy atom. The monoisotopic (exact) mass is 361 g/mol. The van der Waals surface area contributed by atoms with Crippen LogP contribution in [-0.4, -0.2) is 18.3 Å². The highest BCUT2D eigenvalue weighted by molar-refractivity contribution is 9.10. The SMILES string of the molecule is NCC(CO)(Cc1cc(Br)cs1)c1cc(F)cc(F)c1. The lowest BCUT2D eigenvalue weighted by Gasteiger charge is -2.30. The Kier molecular flexibility index (Phi) is 4.90. The van der Waals surface area contributed by atoms with E-state index in [1.807, 2.05) is 11.4 Å². The van der Waals surface area contributed by atoms with Gasteiger partial charge in [-0.15, -0.1) is 11.3 Å². The molecule has 6 heteroatoms. The molecule has 0 fully saturated rings. The highest BCUT2D eigenvalue weighted by Crippen LogP contribution is 2.32. The predicted octanol–water partition coefficient (Wildman–Crippen LogP) is 3.22. The van der Waals surface area contributed by atoms with Crippen molar-refractivity contribution < 1.29 is 13.9 Å². The minimum Gasteiger partial charge on any atom is -0.395 e. The number of rotatable bonds is 5. The van der Waals surface area contributed by atoms with Gasteiger partial charge in [-0.1, -0.05) is 0 Å². The van der Waals surface area contributed by atoms with Gasteiger partial charge in [-0.25, -0.2) is 8.78 Å². The van der Waals surface area contributed by atoms with Gasteiger partial charge in [0.05, 0.1) is 6.61 Å². The van der Waals surface area contributed by atoms with Gasteiger partial charge in [0.1, 0.15) is 11.6 Å². The van der Waals surface area contributed by atoms with Crippen LogP contribution in [0.2, 0.25) is 0 Å². The molecule has 0 aliphatic rings. The van der Waals surface area contributed by atoms with Crippen LogP contribution in [0.25, 0.3) is 0 Å². The summed E-state index contributed by atoms with van der Waals surface area (Å²) >= 11 is 4.87. The maximum absolute atomic E-state index is 13.4. The average Bonchev–Trinajstić information content (AvgIpc) is 2.80. The number of thiophene rings is 1. The van der Waals surface area contributed by atoms with E-state index in [9.17, 15) is 13.9 Å². The van der Waals surface area contributed by atoms with Crippen LogP contribution in [-0.2, 0) is 11.8 Å². The molecule has 2 aromatic rings. The normalized spacial score (nSPS) is 14.2. The van der Waals surface area contributed by atoms with Crippen molar-refractivity contribution in [2.75, 3.05) is 13.2 Å². The molecule has 2 rings (SSSR count). The maximum Gasteiger partial charge on any atom is 0.126 e. The van der Waals surface area contributed by atoms with Crippen molar-refractivity contribution in [3.63, 3.8) is 0 Å². The Labute approximate surface area is 128 Å². The lowest BCUT2D eigenvalue weighted by Crippen LogP contribution is -2.41. The smallest absolute Gasteiger partial charge is 0.126 e. The van der Waals surface area contributed by atoms with Crippen LogP contribution in [0.15, 0.2) is 34.1 Å². The summed E-state index contributed by atoms with van der Waals surface area (Å²) in [6, 6.07) is 5.19. The van der Waals surface area contributed by atoms with Gasteiger partial charge in [0, 0.05) is 32.8 Å². The van der Waals surface area contributed by atoms with Gasteiger partial charge in [0.15, 0.2) is 0 Å². The quantitative estimate of drug-likeness (QED) is 0.858. The lowest BCUT2D eigenvalue weighted by atomic mass is 9.78. The second kappa shape index (κ2) is 6.30. The number of halogens is 3. The fourth-order valence-electron chi connectivity index (χ4n) is 2.14. The highest BCUT2D eigenvalue weighted by atomic mass is 79.9. The van der Waals surface area contributed by atoms with Crippen molar-refractivity contribution in [1.82, 2.24) is 0 Å². The summed E-state index contributed by atoms with van der Waals surface area (Å²) < 4.78 is 27.7. The Hall–Kier alpha value is -0.820. The van der Waals surface area contributed by atoms with Crippen LogP contribution in [0.3, 0.4) is 0 Å². The molecule has 0 saturated heterocycles. The molecule has 0 amide bonds. The Morgan fingerprint density at radius 1 is 1.20 bits per heavy atom. The molecule has 108 valence electrons. The molecule has 20 heavy (non-hydrogen) atoms. The van der Waals surface area contributed by atoms with Crippen LogP contribution in [0, 0.1) is 11.6 Å². The highest BCUT2D eigenvalue weighted by Gasteiger charge is 2.32. The first-order valence-corrected chi connectivity index (χ1v) is 7.67. The van der Waals surface area contributed by atoms with Crippen LogP contribution in [0.4, 0.5) is 8.78 Å². The van der Waals surface area contributed by atoms with E-state index < -0.39 is 17.0 Å². The van der Waals surface area contributed by atoms with Gasteiger partial charge in [0.25, 0.3) is 0 Å². The van der Waals surface area contributed by atoms with E-state index in [1.54, 1.807) is 0 Å². The second-order valence-electron chi connectivity index (χ2n) is 4.71. The average molecular weight is 362 g/mol. The third-order valence-electron chi connectivity index (χ3n) is 3.30. The van der Waals surface area contributed by atoms with Crippen LogP contribution < -0.4 is 5.73 Å². The molecule has 1 atom stereocenters. The Balaban J connectivity index is 2.42. The number of hydrogen-bond acceptors (Lipinski definition) is 3. The number of benzene rings is 1. The number of aliphatic hydroxyl groups excluding tert-OH is 1. The van der Waals surface area contributed by atoms with E-state index in [4.69, 9.17) is 5.73 Å². The molecule has 0 aliphatic carbocycles. The number of nitrogens with two attached hydrogens (primary N) is 1. The summed E-state index contributed by atoms with van der Waals surface area (Å²) in [6.07, 6.45) is 0.430. The molecule has 1 aromatic heterocycles. The lowest BCUT2D eigenvalue weighted by molar-refractivity contribution is 0.196. The molecule has 0 radical (unpaired) electrons. The van der Waals surface area contributed by atoms with Crippen LogP contribution in [0.5, 0.6) is 0 Å². The standard InChI is InChI=1S/C14H14BrF2NOS/c15-10-3-13(20-6-10)5-14(7-18,8-19)9-1-11(16)4-12(17)2-9/h1-4,6,19H,5,7-8,18H2. The molecule has 0 aliphatic heterocycles. The molecule has 0 saturated carbocycles. The summed E-state index contributed by atoms with van der Waals surface area (Å²) in [5, 5.41) is 11.7. The summed E-state index contributed by atoms with van der Waals surface area (Å²) in [7, 11) is 0. The summed E-state index contributed by atoms with van der Waals surface area (Å²) in [5.41, 5.74) is 5.29. The maximum atomic E-state index is 13.4. The van der Waals surface area contributed by atoms with Gasteiger partial charge in [0.2, 0.25) is 0 Å². The van der Waals surface area contributed by atoms with Crippen molar-refractivity contribution in [1.29, 1.82) is 0 Å². The van der Waals surface area contributed by atoms with Gasteiger partial charge in [-0.2, -0.15) is 0 Å². The van der Waals surface area contributed by atoms with Gasteiger partial charge in [-0.05, 0) is 46.1 Å². The Morgan fingerprint density at radius 3 is 2.30 bits per heavy atom. The first-order chi connectivity index (χ1) is 9.49. The largest absolute Gasteiger partial charge is 0.395 e. The van der Waals surface area contributed by atoms with Gasteiger partial charge >= 0.3 is 0 Å². The number of aliphatic hydroxyl groups is 1. The molecule has 1 unspecified atom stereocenters. The van der Waals surface area contributed by atoms with Crippen molar-refractivity contribution in [2.45, 2.75) is 11.8 Å². The number of hydrogen-bond donors (Lipinski definition) is 2. The molecular formula is C14H14BrF2NOS. The fraction of sp³-hybridized carbons (Fsp3) is 0.286. The van der Waals surface area contributed by atoms with Crippen LogP contribution >= 0.6 is 27.3 Å². The first kappa shape index (κ1) is 15.6. The molecule has 2 nitrogen and oxygen atoms in total. The molecule has 3 N–H and O–H groups in total. The zero-order valence-corrected chi connectivity index (χ0v) is 13.0. The van der Waals surface area contributed by atoms with Crippen molar-refractivity contribution in [2.24, 2.45) is 5.73 Å². The van der Waals surface area contributed by atoms with Gasteiger partial charge < -0.3 is 10.8 Å². The zero-order chi connectivity index (χ0) is 14.8. The van der Waals surface area contributed by atoms with E-state index in [2.05, 4.69) is 15.9 Å². The van der Waals surface area contributed by atoms with E-state index >= 15 is 0 Å². The third kappa shape index (κ3) is 3.25. The summed E-state index contributed by atoms with van der Waals surface area (Å²) in [4.78, 5) is 0.987. The van der Waals surface area contributed by atoms with E-state index in [-0.39, 0.29) is 13.2 Å². The summed E-state index contributed by atoms with van der Waals surface area (Å²) in [5.74, 6) is -1.34. The molecule has 0 spiro atoms. The van der Waals surface area contributed by atoms with Crippen molar-refractivity contribution in [3.05, 3.63) is 56.2 Å². The fourth-order valence-corrected chi connectivity index (χ4v) is 3.74. The van der Waals surface area contributed by atoms with Crippen molar-refractivity contribution >= 4 is 27.3 Å². The molecule has 0 bridgehead atoms. The molecule has 1 heterocycles. The minimum atomic E-state index is -0.882.